The number of carbonyl (C=O) groups excluding carboxylic acids is 1. The number of aryl methyl sites for hydroxylation is 1. The normalized spacial score (nSPS) is 11.3. The van der Waals surface area contributed by atoms with Crippen molar-refractivity contribution in [3.05, 3.63) is 59.7 Å². The fourth-order valence-corrected chi connectivity index (χ4v) is 3.99. The summed E-state index contributed by atoms with van der Waals surface area (Å²) in [6, 6.07) is 15.1. The molecule has 7 heteroatoms. The first-order valence-electron chi connectivity index (χ1n) is 9.68. The van der Waals surface area contributed by atoms with Gasteiger partial charge in [0.15, 0.2) is 0 Å². The van der Waals surface area contributed by atoms with Crippen LogP contribution in [-0.4, -0.2) is 40.8 Å². The number of nitrogens with one attached hydrogen (secondary N) is 1. The van der Waals surface area contributed by atoms with E-state index in [9.17, 15) is 13.2 Å². The van der Waals surface area contributed by atoms with E-state index in [0.29, 0.717) is 12.2 Å². The van der Waals surface area contributed by atoms with Crippen LogP contribution in [0.3, 0.4) is 0 Å². The Kier molecular flexibility index (Phi) is 8.08. The Hall–Kier alpha value is -2.54. The van der Waals surface area contributed by atoms with E-state index in [2.05, 4.69) is 5.32 Å². The smallest absolute Gasteiger partial charge is 0.240 e. The number of hydrogen-bond acceptors (Lipinski definition) is 4. The lowest BCUT2D eigenvalue weighted by Gasteiger charge is -2.25. The van der Waals surface area contributed by atoms with Gasteiger partial charge in [-0.05, 0) is 48.1 Å². The minimum Gasteiger partial charge on any atom is -0.497 e. The van der Waals surface area contributed by atoms with Gasteiger partial charge in [0.25, 0.3) is 0 Å². The highest BCUT2D eigenvalue weighted by Gasteiger charge is 2.23. The van der Waals surface area contributed by atoms with E-state index >= 15 is 0 Å². The summed E-state index contributed by atoms with van der Waals surface area (Å²) in [5.41, 5.74) is 2.57. The van der Waals surface area contributed by atoms with E-state index in [4.69, 9.17) is 4.74 Å². The molecule has 29 heavy (non-hydrogen) atoms. The molecule has 0 radical (unpaired) electrons. The molecule has 1 amide bonds. The monoisotopic (exact) mass is 418 g/mol. The molecule has 0 aliphatic heterocycles. The average molecular weight is 419 g/mol. The quantitative estimate of drug-likeness (QED) is 0.601. The molecule has 0 bridgehead atoms. The van der Waals surface area contributed by atoms with Crippen LogP contribution < -0.4 is 14.4 Å². The van der Waals surface area contributed by atoms with Crippen LogP contribution in [0.15, 0.2) is 48.5 Å². The summed E-state index contributed by atoms with van der Waals surface area (Å²) in [6.45, 7) is 4.23. The van der Waals surface area contributed by atoms with Gasteiger partial charge in [-0.25, -0.2) is 8.42 Å². The molecule has 0 fully saturated rings. The third kappa shape index (κ3) is 6.78. The summed E-state index contributed by atoms with van der Waals surface area (Å²) in [4.78, 5) is 12.4. The van der Waals surface area contributed by atoms with Gasteiger partial charge in [-0.2, -0.15) is 0 Å². The van der Waals surface area contributed by atoms with E-state index in [0.717, 1.165) is 36.0 Å². The summed E-state index contributed by atoms with van der Waals surface area (Å²) < 4.78 is 31.1. The Labute approximate surface area is 173 Å². The molecule has 2 aromatic carbocycles. The number of rotatable bonds is 10. The topological polar surface area (TPSA) is 75.7 Å². The number of sulfonamides is 1. The molecule has 2 aromatic rings. The van der Waals surface area contributed by atoms with E-state index < -0.39 is 10.0 Å². The molecule has 0 heterocycles. The Balaban J connectivity index is 1.97. The zero-order valence-electron chi connectivity index (χ0n) is 17.5. The minimum absolute atomic E-state index is 0.140. The second-order valence-corrected chi connectivity index (χ2v) is 9.19. The van der Waals surface area contributed by atoms with Gasteiger partial charge < -0.3 is 10.1 Å². The fourth-order valence-electron chi connectivity index (χ4n) is 3.12. The largest absolute Gasteiger partial charge is 0.497 e. The first kappa shape index (κ1) is 22.7. The van der Waals surface area contributed by atoms with Gasteiger partial charge in [0, 0.05) is 6.54 Å². The first-order valence-corrected chi connectivity index (χ1v) is 11.5. The second kappa shape index (κ2) is 10.3. The van der Waals surface area contributed by atoms with E-state index in [1.807, 2.05) is 50.2 Å². The third-order valence-electron chi connectivity index (χ3n) is 4.61. The lowest BCUT2D eigenvalue weighted by atomic mass is 10.0. The zero-order chi connectivity index (χ0) is 21.4. The SMILES string of the molecule is COc1cccc(CCCNC(=O)CN(c2ccccc2C(C)C)S(C)(=O)=O)c1. The summed E-state index contributed by atoms with van der Waals surface area (Å²) in [5, 5.41) is 2.83. The summed E-state index contributed by atoms with van der Waals surface area (Å²) in [5.74, 6) is 0.625. The fraction of sp³-hybridized carbons (Fsp3) is 0.409. The molecule has 2 rings (SSSR count). The van der Waals surface area contributed by atoms with Crippen LogP contribution in [0.4, 0.5) is 5.69 Å². The van der Waals surface area contributed by atoms with Crippen molar-refractivity contribution >= 4 is 21.6 Å². The van der Waals surface area contributed by atoms with E-state index in [1.54, 1.807) is 19.2 Å². The minimum atomic E-state index is -3.59. The summed E-state index contributed by atoms with van der Waals surface area (Å²) >= 11 is 0. The standard InChI is InChI=1S/C22H30N2O4S/c1-17(2)20-12-5-6-13-21(20)24(29(4,26)27)16-22(25)23-14-8-10-18-9-7-11-19(15-18)28-3/h5-7,9,11-13,15,17H,8,10,14,16H2,1-4H3,(H,23,25). The van der Waals surface area contributed by atoms with Gasteiger partial charge in [0.05, 0.1) is 19.1 Å². The molecule has 0 aliphatic carbocycles. The molecule has 0 aliphatic rings. The van der Waals surface area contributed by atoms with Crippen LogP contribution in [-0.2, 0) is 21.2 Å². The number of benzene rings is 2. The first-order chi connectivity index (χ1) is 13.7. The molecule has 0 unspecified atom stereocenters. The van der Waals surface area contributed by atoms with Crippen molar-refractivity contribution < 1.29 is 17.9 Å². The number of hydrogen-bond donors (Lipinski definition) is 1. The molecule has 6 nitrogen and oxygen atoms in total. The number of ether oxygens (including phenoxy) is 1. The van der Waals surface area contributed by atoms with Crippen LogP contribution in [0.2, 0.25) is 0 Å². The average Bonchev–Trinajstić information content (AvgIpc) is 2.68. The summed E-state index contributed by atoms with van der Waals surface area (Å²) in [6.07, 6.45) is 2.67. The molecule has 1 N–H and O–H groups in total. The Morgan fingerprint density at radius 3 is 2.52 bits per heavy atom. The Morgan fingerprint density at radius 2 is 1.86 bits per heavy atom. The van der Waals surface area contributed by atoms with Crippen molar-refractivity contribution in [3.8, 4) is 5.75 Å². The van der Waals surface area contributed by atoms with Crippen LogP contribution in [0.1, 0.15) is 37.3 Å². The van der Waals surface area contributed by atoms with Crippen molar-refractivity contribution in [3.63, 3.8) is 0 Å². The second-order valence-electron chi connectivity index (χ2n) is 7.29. The number of methoxy groups -OCH3 is 1. The van der Waals surface area contributed by atoms with Crippen molar-refractivity contribution in [2.45, 2.75) is 32.6 Å². The van der Waals surface area contributed by atoms with Crippen molar-refractivity contribution in [1.82, 2.24) is 5.32 Å². The predicted molar refractivity (Wildman–Crippen MR) is 117 cm³/mol. The van der Waals surface area contributed by atoms with Gasteiger partial charge in [0.2, 0.25) is 15.9 Å². The van der Waals surface area contributed by atoms with E-state index in [1.165, 1.54) is 4.31 Å². The van der Waals surface area contributed by atoms with Crippen molar-refractivity contribution in [2.75, 3.05) is 30.8 Å². The number of carbonyl (C=O) groups is 1. The molecule has 0 spiro atoms. The molecule has 158 valence electrons. The van der Waals surface area contributed by atoms with E-state index in [-0.39, 0.29) is 18.4 Å². The number of anilines is 1. The van der Waals surface area contributed by atoms with Crippen LogP contribution in [0, 0.1) is 0 Å². The molecule has 0 aromatic heterocycles. The maximum atomic E-state index is 12.4. The van der Waals surface area contributed by atoms with Crippen molar-refractivity contribution in [2.24, 2.45) is 0 Å². The highest BCUT2D eigenvalue weighted by molar-refractivity contribution is 7.92. The van der Waals surface area contributed by atoms with Crippen LogP contribution in [0.5, 0.6) is 5.75 Å². The summed E-state index contributed by atoms with van der Waals surface area (Å²) in [7, 11) is -1.96. The predicted octanol–water partition coefficient (Wildman–Crippen LogP) is 3.33. The Bertz CT molecular complexity index is 926. The lowest BCUT2D eigenvalue weighted by molar-refractivity contribution is -0.119. The van der Waals surface area contributed by atoms with Gasteiger partial charge in [0.1, 0.15) is 12.3 Å². The highest BCUT2D eigenvalue weighted by atomic mass is 32.2. The molecule has 0 saturated carbocycles. The van der Waals surface area contributed by atoms with Crippen LogP contribution >= 0.6 is 0 Å². The molecular weight excluding hydrogens is 388 g/mol. The van der Waals surface area contributed by atoms with Gasteiger partial charge >= 0.3 is 0 Å². The lowest BCUT2D eigenvalue weighted by Crippen LogP contribution is -2.41. The number of amides is 1. The van der Waals surface area contributed by atoms with Gasteiger partial charge in [-0.15, -0.1) is 0 Å². The van der Waals surface area contributed by atoms with Gasteiger partial charge in [-0.3, -0.25) is 9.10 Å². The van der Waals surface area contributed by atoms with Crippen molar-refractivity contribution in [1.29, 1.82) is 0 Å². The third-order valence-corrected chi connectivity index (χ3v) is 5.74. The van der Waals surface area contributed by atoms with Crippen LogP contribution in [0.25, 0.3) is 0 Å². The maximum absolute atomic E-state index is 12.4. The zero-order valence-corrected chi connectivity index (χ0v) is 18.3. The molecular formula is C22H30N2O4S. The molecule has 0 saturated heterocycles. The highest BCUT2D eigenvalue weighted by Crippen LogP contribution is 2.28. The number of para-hydroxylation sites is 1. The molecule has 0 atom stereocenters. The van der Waals surface area contributed by atoms with Gasteiger partial charge in [-0.1, -0.05) is 44.2 Å². The maximum Gasteiger partial charge on any atom is 0.240 e. The number of nitrogens with zero attached hydrogens (tertiary/aromatic N) is 1. The Morgan fingerprint density at radius 1 is 1.14 bits per heavy atom.